The van der Waals surface area contributed by atoms with Crippen LogP contribution in [-0.4, -0.2) is 28.0 Å². The van der Waals surface area contributed by atoms with Crippen molar-refractivity contribution in [1.29, 1.82) is 0 Å². The average Bonchev–Trinajstić information content (AvgIpc) is 2.53. The summed E-state index contributed by atoms with van der Waals surface area (Å²) in [6.07, 6.45) is -1.62. The van der Waals surface area contributed by atoms with Crippen molar-refractivity contribution in [3.05, 3.63) is 47.3 Å². The zero-order valence-electron chi connectivity index (χ0n) is 12.2. The molecule has 22 heavy (non-hydrogen) atoms. The summed E-state index contributed by atoms with van der Waals surface area (Å²) in [6.45, 7) is 4.82. The number of fused-ring (bicyclic) bond motifs is 1. The predicted octanol–water partition coefficient (Wildman–Crippen LogP) is 3.54. The van der Waals surface area contributed by atoms with E-state index >= 15 is 0 Å². The second-order valence-electron chi connectivity index (χ2n) is 5.36. The van der Waals surface area contributed by atoms with Crippen LogP contribution in [0.15, 0.2) is 30.5 Å². The molecule has 1 aliphatic heterocycles. The molecular weight excluding hydrogens is 291 g/mol. The van der Waals surface area contributed by atoms with Crippen LogP contribution in [0.1, 0.15) is 23.7 Å². The van der Waals surface area contributed by atoms with E-state index in [0.717, 1.165) is 49.4 Å². The molecule has 0 saturated carbocycles. The number of benzene rings is 1. The van der Waals surface area contributed by atoms with E-state index in [1.807, 2.05) is 0 Å². The number of rotatable bonds is 2. The van der Waals surface area contributed by atoms with Crippen molar-refractivity contribution >= 4 is 0 Å². The fraction of sp³-hybridized carbons (Fsp3) is 0.375. The summed E-state index contributed by atoms with van der Waals surface area (Å²) in [6, 6.07) is 4.98. The van der Waals surface area contributed by atoms with E-state index in [1.54, 1.807) is 6.20 Å². The Balaban J connectivity index is 1.89. The first-order valence-electron chi connectivity index (χ1n) is 7.22. The van der Waals surface area contributed by atoms with Crippen LogP contribution in [0, 0.1) is 0 Å². The highest BCUT2D eigenvalue weighted by atomic mass is 19.4. The van der Waals surface area contributed by atoms with Crippen LogP contribution >= 0.6 is 0 Å². The highest BCUT2D eigenvalue weighted by Crippen LogP contribution is 2.30. The first-order chi connectivity index (χ1) is 10.5. The Bertz CT molecular complexity index is 665. The summed E-state index contributed by atoms with van der Waals surface area (Å²) in [5.74, 6) is 0.477. The van der Waals surface area contributed by atoms with Gasteiger partial charge in [0.1, 0.15) is 0 Å². The van der Waals surface area contributed by atoms with Crippen LogP contribution in [0.3, 0.4) is 0 Å². The Hall–Kier alpha value is -1.95. The van der Waals surface area contributed by atoms with Crippen LogP contribution in [0.2, 0.25) is 0 Å². The largest absolute Gasteiger partial charge is 0.416 e. The molecule has 1 aromatic carbocycles. The van der Waals surface area contributed by atoms with Gasteiger partial charge in [0.15, 0.2) is 5.82 Å². The van der Waals surface area contributed by atoms with Crippen LogP contribution in [0.25, 0.3) is 11.4 Å². The normalized spacial score (nSPS) is 15.6. The number of halogens is 3. The van der Waals surface area contributed by atoms with E-state index in [4.69, 9.17) is 0 Å². The molecule has 3 nitrogen and oxygen atoms in total. The molecule has 0 radical (unpaired) electrons. The average molecular weight is 307 g/mol. The summed E-state index contributed by atoms with van der Waals surface area (Å²) < 4.78 is 37.8. The number of hydrogen-bond acceptors (Lipinski definition) is 3. The van der Waals surface area contributed by atoms with Crippen molar-refractivity contribution in [2.75, 3.05) is 13.1 Å². The van der Waals surface area contributed by atoms with Crippen molar-refractivity contribution in [2.45, 2.75) is 26.1 Å². The minimum atomic E-state index is -4.32. The van der Waals surface area contributed by atoms with Crippen molar-refractivity contribution in [3.63, 3.8) is 0 Å². The molecule has 0 bridgehead atoms. The molecule has 116 valence electrons. The van der Waals surface area contributed by atoms with Crippen molar-refractivity contribution in [1.82, 2.24) is 14.9 Å². The zero-order valence-corrected chi connectivity index (χ0v) is 12.2. The SMILES string of the molecule is CCN1CCc2cnc(-c3ccc(C(F)(F)F)cc3)nc2C1. The number of nitrogens with zero attached hydrogens (tertiary/aromatic N) is 3. The van der Waals surface area contributed by atoms with E-state index in [9.17, 15) is 13.2 Å². The highest BCUT2D eigenvalue weighted by Gasteiger charge is 2.30. The van der Waals surface area contributed by atoms with E-state index in [1.165, 1.54) is 12.1 Å². The van der Waals surface area contributed by atoms with Gasteiger partial charge in [0, 0.05) is 24.8 Å². The first-order valence-corrected chi connectivity index (χ1v) is 7.22. The lowest BCUT2D eigenvalue weighted by Crippen LogP contribution is -2.31. The maximum atomic E-state index is 12.6. The number of hydrogen-bond donors (Lipinski definition) is 0. The molecule has 0 saturated heterocycles. The van der Waals surface area contributed by atoms with E-state index < -0.39 is 11.7 Å². The molecule has 0 aliphatic carbocycles. The summed E-state index contributed by atoms with van der Waals surface area (Å²) in [7, 11) is 0. The highest BCUT2D eigenvalue weighted by molar-refractivity contribution is 5.56. The molecule has 3 rings (SSSR count). The van der Waals surface area contributed by atoms with Gasteiger partial charge in [-0.15, -0.1) is 0 Å². The maximum absolute atomic E-state index is 12.6. The van der Waals surface area contributed by atoms with Crippen LogP contribution < -0.4 is 0 Å². The first kappa shape index (κ1) is 15.0. The fourth-order valence-corrected chi connectivity index (χ4v) is 2.57. The Kier molecular flexibility index (Phi) is 3.87. The predicted molar refractivity (Wildman–Crippen MR) is 77.1 cm³/mol. The third kappa shape index (κ3) is 2.97. The van der Waals surface area contributed by atoms with Gasteiger partial charge in [-0.1, -0.05) is 19.1 Å². The maximum Gasteiger partial charge on any atom is 0.416 e. The molecule has 0 atom stereocenters. The van der Waals surface area contributed by atoms with Gasteiger partial charge in [0.25, 0.3) is 0 Å². The molecule has 2 heterocycles. The summed E-state index contributed by atoms with van der Waals surface area (Å²) in [5.41, 5.74) is 2.04. The van der Waals surface area contributed by atoms with Gasteiger partial charge in [0.05, 0.1) is 11.3 Å². The Morgan fingerprint density at radius 2 is 1.91 bits per heavy atom. The fourth-order valence-electron chi connectivity index (χ4n) is 2.57. The van der Waals surface area contributed by atoms with E-state index in [-0.39, 0.29) is 0 Å². The third-order valence-corrected chi connectivity index (χ3v) is 3.94. The molecule has 1 aliphatic rings. The van der Waals surface area contributed by atoms with Gasteiger partial charge in [0.2, 0.25) is 0 Å². The topological polar surface area (TPSA) is 29.0 Å². The molecule has 0 amide bonds. The van der Waals surface area contributed by atoms with Crippen LogP contribution in [-0.2, 0) is 19.1 Å². The molecule has 0 fully saturated rings. The minimum Gasteiger partial charge on any atom is -0.297 e. The second kappa shape index (κ2) is 5.68. The third-order valence-electron chi connectivity index (χ3n) is 3.94. The van der Waals surface area contributed by atoms with Crippen molar-refractivity contribution < 1.29 is 13.2 Å². The molecule has 6 heteroatoms. The molecular formula is C16H16F3N3. The lowest BCUT2D eigenvalue weighted by Gasteiger charge is -2.26. The van der Waals surface area contributed by atoms with E-state index in [2.05, 4.69) is 21.8 Å². The van der Waals surface area contributed by atoms with Gasteiger partial charge >= 0.3 is 6.18 Å². The van der Waals surface area contributed by atoms with Crippen molar-refractivity contribution in [3.8, 4) is 11.4 Å². The van der Waals surface area contributed by atoms with Crippen LogP contribution in [0.4, 0.5) is 13.2 Å². The summed E-state index contributed by atoms with van der Waals surface area (Å²) in [4.78, 5) is 11.1. The van der Waals surface area contributed by atoms with Gasteiger partial charge in [-0.2, -0.15) is 13.2 Å². The minimum absolute atomic E-state index is 0.477. The lowest BCUT2D eigenvalue weighted by molar-refractivity contribution is -0.137. The van der Waals surface area contributed by atoms with Gasteiger partial charge in [-0.05, 0) is 30.7 Å². The van der Waals surface area contributed by atoms with Gasteiger partial charge < -0.3 is 0 Å². The van der Waals surface area contributed by atoms with E-state index in [0.29, 0.717) is 11.4 Å². The zero-order chi connectivity index (χ0) is 15.7. The number of likely N-dealkylation sites (N-methyl/N-ethyl adjacent to an activating group) is 1. The Morgan fingerprint density at radius 1 is 1.18 bits per heavy atom. The smallest absolute Gasteiger partial charge is 0.297 e. The number of alkyl halides is 3. The summed E-state index contributed by atoms with van der Waals surface area (Å²) in [5, 5.41) is 0. The van der Waals surface area contributed by atoms with Crippen LogP contribution in [0.5, 0.6) is 0 Å². The monoisotopic (exact) mass is 307 g/mol. The molecule has 0 spiro atoms. The second-order valence-corrected chi connectivity index (χ2v) is 5.36. The molecule has 0 unspecified atom stereocenters. The Labute approximate surface area is 126 Å². The molecule has 0 N–H and O–H groups in total. The number of aromatic nitrogens is 2. The Morgan fingerprint density at radius 3 is 2.55 bits per heavy atom. The van der Waals surface area contributed by atoms with Gasteiger partial charge in [-0.25, -0.2) is 9.97 Å². The quantitative estimate of drug-likeness (QED) is 0.850. The lowest BCUT2D eigenvalue weighted by atomic mass is 10.1. The standard InChI is InChI=1S/C16H16F3N3/c1-2-22-8-7-12-9-20-15(21-14(12)10-22)11-3-5-13(6-4-11)16(17,18)19/h3-6,9H,2,7-8,10H2,1H3. The van der Waals surface area contributed by atoms with Crippen molar-refractivity contribution in [2.24, 2.45) is 0 Å². The summed E-state index contributed by atoms with van der Waals surface area (Å²) >= 11 is 0. The molecule has 2 aromatic rings. The molecule has 1 aromatic heterocycles. The van der Waals surface area contributed by atoms with Gasteiger partial charge in [-0.3, -0.25) is 4.90 Å².